The van der Waals surface area contributed by atoms with Crippen LogP contribution in [0, 0.1) is 0 Å². The molecule has 0 aromatic heterocycles. The van der Waals surface area contributed by atoms with E-state index < -0.39 is 0 Å². The third-order valence-corrected chi connectivity index (χ3v) is 4.80. The molecule has 2 nitrogen and oxygen atoms in total. The minimum atomic E-state index is 0.00368. The van der Waals surface area contributed by atoms with Gasteiger partial charge in [-0.25, -0.2) is 0 Å². The van der Waals surface area contributed by atoms with Gasteiger partial charge in [-0.3, -0.25) is 0 Å². The van der Waals surface area contributed by atoms with E-state index in [2.05, 4.69) is 28.1 Å². The molecule has 1 aliphatic heterocycles. The molecule has 1 unspecified atom stereocenters. The summed E-state index contributed by atoms with van der Waals surface area (Å²) in [6.07, 6.45) is 8.52. The lowest BCUT2D eigenvalue weighted by molar-refractivity contribution is 0.0213. The summed E-state index contributed by atoms with van der Waals surface area (Å²) in [6, 6.07) is 6.34. The van der Waals surface area contributed by atoms with E-state index in [1.165, 1.54) is 25.7 Å². The third-order valence-electron chi connectivity index (χ3n) is 4.31. The van der Waals surface area contributed by atoms with Crippen LogP contribution in [0.25, 0.3) is 0 Å². The zero-order valence-electron chi connectivity index (χ0n) is 10.6. The molecule has 0 amide bonds. The predicted octanol–water partition coefficient (Wildman–Crippen LogP) is 4.32. The molecule has 1 saturated carbocycles. The van der Waals surface area contributed by atoms with Crippen molar-refractivity contribution in [3.63, 3.8) is 0 Å². The van der Waals surface area contributed by atoms with Gasteiger partial charge >= 0.3 is 0 Å². The summed E-state index contributed by atoms with van der Waals surface area (Å²) >= 11 is 3.52. The van der Waals surface area contributed by atoms with Gasteiger partial charge in [-0.05, 0) is 37.8 Å². The quantitative estimate of drug-likeness (QED) is 0.774. The smallest absolute Gasteiger partial charge is 0.126 e. The number of rotatable bonds is 0. The van der Waals surface area contributed by atoms with Crippen LogP contribution >= 0.6 is 15.9 Å². The van der Waals surface area contributed by atoms with E-state index in [0.29, 0.717) is 0 Å². The Kier molecular flexibility index (Phi) is 3.37. The van der Waals surface area contributed by atoms with Crippen LogP contribution in [-0.4, -0.2) is 5.60 Å². The van der Waals surface area contributed by atoms with Crippen LogP contribution in [0.1, 0.15) is 56.6 Å². The molecule has 1 heterocycles. The molecule has 1 aromatic carbocycles. The minimum Gasteiger partial charge on any atom is -0.487 e. The van der Waals surface area contributed by atoms with Crippen molar-refractivity contribution in [3.8, 4) is 5.75 Å². The van der Waals surface area contributed by atoms with Gasteiger partial charge in [-0.15, -0.1) is 0 Å². The summed E-state index contributed by atoms with van der Waals surface area (Å²) in [5, 5.41) is 0. The van der Waals surface area contributed by atoms with Crippen LogP contribution in [0.15, 0.2) is 22.7 Å². The van der Waals surface area contributed by atoms with Gasteiger partial charge in [0.05, 0.1) is 0 Å². The minimum absolute atomic E-state index is 0.00368. The zero-order chi connectivity index (χ0) is 12.6. The molecule has 1 atom stereocenters. The standard InChI is InChI=1S/C15H20BrNO/c16-11-5-6-12-13(17)10-15(18-14(12)9-11)7-3-1-2-4-8-15/h5-6,9,13H,1-4,7-8,10,17H2. The normalized spacial score (nSPS) is 26.2. The van der Waals surface area contributed by atoms with E-state index in [1.54, 1.807) is 0 Å². The van der Waals surface area contributed by atoms with Crippen molar-refractivity contribution >= 4 is 15.9 Å². The third kappa shape index (κ3) is 2.30. The summed E-state index contributed by atoms with van der Waals surface area (Å²) in [5.74, 6) is 0.991. The Balaban J connectivity index is 1.93. The highest BCUT2D eigenvalue weighted by molar-refractivity contribution is 9.10. The number of fused-ring (bicyclic) bond motifs is 1. The summed E-state index contributed by atoms with van der Waals surface area (Å²) in [7, 11) is 0. The molecule has 0 radical (unpaired) electrons. The van der Waals surface area contributed by atoms with Crippen molar-refractivity contribution in [3.05, 3.63) is 28.2 Å². The maximum Gasteiger partial charge on any atom is 0.126 e. The van der Waals surface area contributed by atoms with Gasteiger partial charge in [0.15, 0.2) is 0 Å². The Hall–Kier alpha value is -0.540. The molecule has 0 bridgehead atoms. The Morgan fingerprint density at radius 2 is 1.89 bits per heavy atom. The molecule has 1 aromatic rings. The molecule has 2 N–H and O–H groups in total. The molecule has 1 aliphatic carbocycles. The Morgan fingerprint density at radius 1 is 1.17 bits per heavy atom. The van der Waals surface area contributed by atoms with Crippen molar-refractivity contribution in [2.45, 2.75) is 56.6 Å². The predicted molar refractivity (Wildman–Crippen MR) is 76.7 cm³/mol. The molecule has 1 fully saturated rings. The van der Waals surface area contributed by atoms with Crippen LogP contribution in [0.2, 0.25) is 0 Å². The Morgan fingerprint density at radius 3 is 2.61 bits per heavy atom. The second-order valence-corrected chi connectivity index (χ2v) is 6.61. The lowest BCUT2D eigenvalue weighted by Crippen LogP contribution is -2.42. The summed E-state index contributed by atoms with van der Waals surface area (Å²) in [4.78, 5) is 0. The molecule has 0 saturated heterocycles. The Labute approximate surface area is 117 Å². The summed E-state index contributed by atoms with van der Waals surface area (Å²) < 4.78 is 7.45. The first-order valence-corrected chi connectivity index (χ1v) is 7.72. The lowest BCUT2D eigenvalue weighted by atomic mass is 9.82. The monoisotopic (exact) mass is 309 g/mol. The topological polar surface area (TPSA) is 35.2 Å². The van der Waals surface area contributed by atoms with E-state index in [9.17, 15) is 0 Å². The maximum atomic E-state index is 6.38. The van der Waals surface area contributed by atoms with E-state index in [-0.39, 0.29) is 11.6 Å². The summed E-state index contributed by atoms with van der Waals surface area (Å²) in [5.41, 5.74) is 7.52. The zero-order valence-corrected chi connectivity index (χ0v) is 12.2. The van der Waals surface area contributed by atoms with Gasteiger partial charge in [-0.1, -0.05) is 34.8 Å². The van der Waals surface area contributed by atoms with Crippen LogP contribution in [0.5, 0.6) is 5.75 Å². The molecular formula is C15H20BrNO. The SMILES string of the molecule is NC1CC2(CCCCCC2)Oc2cc(Br)ccc21. The van der Waals surface area contributed by atoms with Gasteiger partial charge in [-0.2, -0.15) is 0 Å². The van der Waals surface area contributed by atoms with E-state index in [1.807, 2.05) is 6.07 Å². The maximum absolute atomic E-state index is 6.38. The second-order valence-electron chi connectivity index (χ2n) is 5.69. The molecule has 18 heavy (non-hydrogen) atoms. The highest BCUT2D eigenvalue weighted by atomic mass is 79.9. The first-order valence-electron chi connectivity index (χ1n) is 6.93. The Bertz CT molecular complexity index is 438. The van der Waals surface area contributed by atoms with Crippen LogP contribution in [0.4, 0.5) is 0 Å². The lowest BCUT2D eigenvalue weighted by Gasteiger charge is -2.41. The largest absolute Gasteiger partial charge is 0.487 e. The van der Waals surface area contributed by atoms with Crippen molar-refractivity contribution in [1.82, 2.24) is 0 Å². The number of ether oxygens (including phenoxy) is 1. The number of hydrogen-bond acceptors (Lipinski definition) is 2. The summed E-state index contributed by atoms with van der Waals surface area (Å²) in [6.45, 7) is 0. The van der Waals surface area contributed by atoms with Crippen molar-refractivity contribution < 1.29 is 4.74 Å². The van der Waals surface area contributed by atoms with E-state index >= 15 is 0 Å². The van der Waals surface area contributed by atoms with Crippen LogP contribution < -0.4 is 10.5 Å². The van der Waals surface area contributed by atoms with Crippen molar-refractivity contribution in [2.75, 3.05) is 0 Å². The number of hydrogen-bond donors (Lipinski definition) is 1. The van der Waals surface area contributed by atoms with Gasteiger partial charge < -0.3 is 10.5 Å². The van der Waals surface area contributed by atoms with Crippen LogP contribution in [-0.2, 0) is 0 Å². The average Bonchev–Trinajstić information content (AvgIpc) is 2.54. The fourth-order valence-electron chi connectivity index (χ4n) is 3.37. The number of halogens is 1. The fraction of sp³-hybridized carbons (Fsp3) is 0.600. The fourth-order valence-corrected chi connectivity index (χ4v) is 3.71. The highest BCUT2D eigenvalue weighted by Gasteiger charge is 2.39. The molecule has 3 rings (SSSR count). The molecule has 1 spiro atoms. The number of nitrogens with two attached hydrogens (primary N) is 1. The van der Waals surface area contributed by atoms with Crippen LogP contribution in [0.3, 0.4) is 0 Å². The first-order chi connectivity index (χ1) is 8.69. The number of benzene rings is 1. The highest BCUT2D eigenvalue weighted by Crippen LogP contribution is 2.45. The van der Waals surface area contributed by atoms with Crippen molar-refractivity contribution in [2.24, 2.45) is 5.73 Å². The molecule has 2 aliphatic rings. The van der Waals surface area contributed by atoms with Gasteiger partial charge in [0.2, 0.25) is 0 Å². The molecule has 3 heteroatoms. The van der Waals surface area contributed by atoms with Crippen molar-refractivity contribution in [1.29, 1.82) is 0 Å². The second kappa shape index (κ2) is 4.86. The van der Waals surface area contributed by atoms with E-state index in [0.717, 1.165) is 35.0 Å². The van der Waals surface area contributed by atoms with Gasteiger partial charge in [0.25, 0.3) is 0 Å². The van der Waals surface area contributed by atoms with Gasteiger partial charge in [0, 0.05) is 22.5 Å². The first kappa shape index (κ1) is 12.5. The van der Waals surface area contributed by atoms with E-state index in [4.69, 9.17) is 10.5 Å². The van der Waals surface area contributed by atoms with Gasteiger partial charge in [0.1, 0.15) is 11.4 Å². The molecule has 98 valence electrons. The average molecular weight is 310 g/mol. The molecular weight excluding hydrogens is 290 g/mol.